The third kappa shape index (κ3) is 3.81. The number of hydrogen-bond acceptors (Lipinski definition) is 3. The second-order valence-corrected chi connectivity index (χ2v) is 4.85. The van der Waals surface area contributed by atoms with Crippen molar-refractivity contribution in [1.82, 2.24) is 10.2 Å². The summed E-state index contributed by atoms with van der Waals surface area (Å²) in [5, 5.41) is 12.3. The predicted octanol–water partition coefficient (Wildman–Crippen LogP) is 1.47. The van der Waals surface area contributed by atoms with Gasteiger partial charge < -0.3 is 5.32 Å². The molecule has 0 aromatic heterocycles. The Morgan fingerprint density at radius 3 is 2.73 bits per heavy atom. The molecule has 2 atom stereocenters. The molecule has 1 N–H and O–H groups in total. The third-order valence-corrected chi connectivity index (χ3v) is 3.29. The molecular weight excluding hydrogens is 186 g/mol. The van der Waals surface area contributed by atoms with Crippen molar-refractivity contribution in [3.05, 3.63) is 0 Å². The summed E-state index contributed by atoms with van der Waals surface area (Å²) >= 11 is 0. The van der Waals surface area contributed by atoms with Gasteiger partial charge in [-0.3, -0.25) is 4.90 Å². The maximum atomic E-state index is 8.75. The number of hydrogen-bond donors (Lipinski definition) is 1. The minimum atomic E-state index is 0.574. The van der Waals surface area contributed by atoms with Gasteiger partial charge in [-0.2, -0.15) is 5.26 Å². The van der Waals surface area contributed by atoms with Crippen molar-refractivity contribution in [1.29, 1.82) is 5.26 Å². The van der Waals surface area contributed by atoms with E-state index in [1.54, 1.807) is 0 Å². The van der Waals surface area contributed by atoms with E-state index < -0.39 is 0 Å². The van der Waals surface area contributed by atoms with Gasteiger partial charge >= 0.3 is 0 Å². The number of likely N-dealkylation sites (N-methyl/N-ethyl adjacent to an activating group) is 1. The molecule has 15 heavy (non-hydrogen) atoms. The first kappa shape index (κ1) is 12.5. The molecule has 0 aromatic rings. The zero-order valence-corrected chi connectivity index (χ0v) is 10.2. The summed E-state index contributed by atoms with van der Waals surface area (Å²) in [7, 11) is 0. The molecule has 1 aliphatic rings. The maximum Gasteiger partial charge on any atom is 0.0866 e. The van der Waals surface area contributed by atoms with Gasteiger partial charge in [-0.15, -0.1) is 0 Å². The highest BCUT2D eigenvalue weighted by Crippen LogP contribution is 2.23. The second-order valence-electron chi connectivity index (χ2n) is 4.85. The molecule has 0 bridgehead atoms. The fraction of sp³-hybridized carbons (Fsp3) is 0.917. The molecule has 0 amide bonds. The Hall–Kier alpha value is -0.590. The van der Waals surface area contributed by atoms with Crippen LogP contribution in [0.2, 0.25) is 0 Å². The molecule has 0 radical (unpaired) electrons. The highest BCUT2D eigenvalue weighted by molar-refractivity contribution is 4.88. The zero-order chi connectivity index (χ0) is 11.3. The van der Waals surface area contributed by atoms with E-state index in [0.29, 0.717) is 18.5 Å². The molecule has 1 fully saturated rings. The van der Waals surface area contributed by atoms with Gasteiger partial charge in [-0.05, 0) is 24.8 Å². The van der Waals surface area contributed by atoms with Crippen LogP contribution in [0, 0.1) is 23.2 Å². The van der Waals surface area contributed by atoms with Gasteiger partial charge in [0.15, 0.2) is 0 Å². The van der Waals surface area contributed by atoms with Crippen molar-refractivity contribution in [2.75, 3.05) is 26.2 Å². The van der Waals surface area contributed by atoms with Crippen LogP contribution >= 0.6 is 0 Å². The quantitative estimate of drug-likeness (QED) is 0.713. The summed E-state index contributed by atoms with van der Waals surface area (Å²) in [6, 6.07) is 2.83. The molecular formula is C12H23N3. The van der Waals surface area contributed by atoms with Crippen LogP contribution in [0.25, 0.3) is 0 Å². The fourth-order valence-electron chi connectivity index (χ4n) is 2.38. The lowest BCUT2D eigenvalue weighted by Gasteiger charge is -2.38. The Bertz CT molecular complexity index is 219. The second kappa shape index (κ2) is 6.09. The Labute approximate surface area is 93.5 Å². The number of likely N-dealkylation sites (tertiary alicyclic amines) is 1. The van der Waals surface area contributed by atoms with Gasteiger partial charge in [0.05, 0.1) is 12.6 Å². The number of piperidine rings is 1. The van der Waals surface area contributed by atoms with Crippen LogP contribution in [0.15, 0.2) is 0 Å². The van der Waals surface area contributed by atoms with Gasteiger partial charge in [-0.1, -0.05) is 20.8 Å². The van der Waals surface area contributed by atoms with E-state index in [2.05, 4.69) is 37.1 Å². The van der Waals surface area contributed by atoms with Crippen LogP contribution < -0.4 is 5.32 Å². The predicted molar refractivity (Wildman–Crippen MR) is 62.5 cm³/mol. The lowest BCUT2D eigenvalue weighted by molar-refractivity contribution is 0.129. The van der Waals surface area contributed by atoms with Crippen molar-refractivity contribution >= 4 is 0 Å². The number of nitriles is 1. The Kier molecular flexibility index (Phi) is 5.07. The average molecular weight is 209 g/mol. The first-order chi connectivity index (χ1) is 7.17. The minimum absolute atomic E-state index is 0.574. The third-order valence-electron chi connectivity index (χ3n) is 3.29. The molecule has 86 valence electrons. The summed E-state index contributed by atoms with van der Waals surface area (Å²) < 4.78 is 0. The number of rotatable bonds is 4. The number of nitrogens with one attached hydrogen (secondary N) is 1. The summed E-state index contributed by atoms with van der Waals surface area (Å²) in [4.78, 5) is 2.28. The molecule has 0 aliphatic carbocycles. The highest BCUT2D eigenvalue weighted by Gasteiger charge is 2.28. The lowest BCUT2D eigenvalue weighted by atomic mass is 9.85. The summed E-state index contributed by atoms with van der Waals surface area (Å²) in [5.74, 6) is 1.45. The average Bonchev–Trinajstić information content (AvgIpc) is 2.18. The summed E-state index contributed by atoms with van der Waals surface area (Å²) in [6.45, 7) is 10.4. The molecule has 1 rings (SSSR count). The first-order valence-corrected chi connectivity index (χ1v) is 6.00. The Balaban J connectivity index is 2.52. The van der Waals surface area contributed by atoms with Gasteiger partial charge in [0.25, 0.3) is 0 Å². The van der Waals surface area contributed by atoms with Crippen molar-refractivity contribution < 1.29 is 0 Å². The van der Waals surface area contributed by atoms with Crippen LogP contribution in [-0.4, -0.2) is 37.1 Å². The van der Waals surface area contributed by atoms with Crippen LogP contribution in [0.1, 0.15) is 27.2 Å². The zero-order valence-electron chi connectivity index (χ0n) is 10.2. The van der Waals surface area contributed by atoms with Crippen LogP contribution in [0.3, 0.4) is 0 Å². The molecule has 1 aliphatic heterocycles. The Morgan fingerprint density at radius 2 is 2.20 bits per heavy atom. The monoisotopic (exact) mass is 209 g/mol. The number of nitrogens with zero attached hydrogens (tertiary/aromatic N) is 2. The van der Waals surface area contributed by atoms with Crippen molar-refractivity contribution in [2.24, 2.45) is 11.8 Å². The normalized spacial score (nSPS) is 27.9. The van der Waals surface area contributed by atoms with Gasteiger partial charge in [0.2, 0.25) is 0 Å². The highest BCUT2D eigenvalue weighted by atomic mass is 15.2. The van der Waals surface area contributed by atoms with Crippen molar-refractivity contribution in [2.45, 2.75) is 33.2 Å². The van der Waals surface area contributed by atoms with E-state index in [-0.39, 0.29) is 0 Å². The minimum Gasteiger partial charge on any atom is -0.313 e. The van der Waals surface area contributed by atoms with Crippen LogP contribution in [-0.2, 0) is 0 Å². The van der Waals surface area contributed by atoms with E-state index in [4.69, 9.17) is 5.26 Å². The van der Waals surface area contributed by atoms with Crippen molar-refractivity contribution in [3.63, 3.8) is 0 Å². The van der Waals surface area contributed by atoms with Gasteiger partial charge in [0.1, 0.15) is 0 Å². The molecule has 1 heterocycles. The maximum absolute atomic E-state index is 8.75. The molecule has 0 aromatic carbocycles. The SMILES string of the molecule is CCNC1CC(C(C)C)CN(CC#N)C1. The van der Waals surface area contributed by atoms with Gasteiger partial charge in [-0.25, -0.2) is 0 Å². The summed E-state index contributed by atoms with van der Waals surface area (Å²) in [5.41, 5.74) is 0. The topological polar surface area (TPSA) is 39.1 Å². The fourth-order valence-corrected chi connectivity index (χ4v) is 2.38. The van der Waals surface area contributed by atoms with E-state index in [1.165, 1.54) is 6.42 Å². The largest absolute Gasteiger partial charge is 0.313 e. The van der Waals surface area contributed by atoms with Crippen molar-refractivity contribution in [3.8, 4) is 6.07 Å². The van der Waals surface area contributed by atoms with E-state index >= 15 is 0 Å². The van der Waals surface area contributed by atoms with Gasteiger partial charge in [0, 0.05) is 19.1 Å². The molecule has 2 unspecified atom stereocenters. The Morgan fingerprint density at radius 1 is 1.47 bits per heavy atom. The van der Waals surface area contributed by atoms with Crippen LogP contribution in [0.4, 0.5) is 0 Å². The first-order valence-electron chi connectivity index (χ1n) is 6.00. The van der Waals surface area contributed by atoms with E-state index in [0.717, 1.165) is 25.6 Å². The molecule has 1 saturated heterocycles. The molecule has 3 heteroatoms. The van der Waals surface area contributed by atoms with E-state index in [9.17, 15) is 0 Å². The smallest absolute Gasteiger partial charge is 0.0866 e. The molecule has 0 spiro atoms. The van der Waals surface area contributed by atoms with E-state index in [1.807, 2.05) is 0 Å². The molecule has 0 saturated carbocycles. The lowest BCUT2D eigenvalue weighted by Crippen LogP contribution is -2.50. The molecule has 3 nitrogen and oxygen atoms in total. The summed E-state index contributed by atoms with van der Waals surface area (Å²) in [6.07, 6.45) is 1.26. The van der Waals surface area contributed by atoms with Crippen LogP contribution in [0.5, 0.6) is 0 Å². The standard InChI is InChI=1S/C12H23N3/c1-4-14-12-7-11(10(2)3)8-15(9-12)6-5-13/h10-12,14H,4,6-9H2,1-3H3.